The number of nitrogens with zero attached hydrogens (tertiary/aromatic N) is 2. The quantitative estimate of drug-likeness (QED) is 0.103. The van der Waals surface area contributed by atoms with Crippen LogP contribution in [0.1, 0.15) is 93.4 Å². The number of carbonyl (C=O) groups is 2. The zero-order chi connectivity index (χ0) is 35.6. The number of piperazine rings is 1. The van der Waals surface area contributed by atoms with Gasteiger partial charge in [-0.1, -0.05) is 58.4 Å². The first-order valence-electron chi connectivity index (χ1n) is 17.9. The number of ether oxygens (including phenoxy) is 3. The van der Waals surface area contributed by atoms with Gasteiger partial charge in [-0.2, -0.15) is 0 Å². The van der Waals surface area contributed by atoms with E-state index >= 15 is 0 Å². The van der Waals surface area contributed by atoms with Crippen LogP contribution >= 0.6 is 0 Å². The molecule has 274 valence electrons. The predicted octanol–water partition coefficient (Wildman–Crippen LogP) is 4.13. The maximum Gasteiger partial charge on any atom is 0.410 e. The molecular weight excluding hydrogens is 616 g/mol. The van der Waals surface area contributed by atoms with Gasteiger partial charge < -0.3 is 39.5 Å². The van der Waals surface area contributed by atoms with E-state index in [-0.39, 0.29) is 43.3 Å². The fourth-order valence-corrected chi connectivity index (χ4v) is 6.52. The third-order valence-corrected chi connectivity index (χ3v) is 10.1. The molecular formula is C37H62N2O9. The van der Waals surface area contributed by atoms with E-state index in [1.54, 1.807) is 49.1 Å². The maximum atomic E-state index is 13.2. The van der Waals surface area contributed by atoms with Gasteiger partial charge in [-0.15, -0.1) is 0 Å². The van der Waals surface area contributed by atoms with Gasteiger partial charge >= 0.3 is 12.1 Å². The summed E-state index contributed by atoms with van der Waals surface area (Å²) in [6, 6.07) is 0. The fourth-order valence-electron chi connectivity index (χ4n) is 6.52. The first kappa shape index (κ1) is 40.2. The Hall–Kier alpha value is -2.28. The number of carbonyl (C=O) groups excluding carboxylic acids is 2. The van der Waals surface area contributed by atoms with E-state index in [9.17, 15) is 30.0 Å². The molecule has 11 nitrogen and oxygen atoms in total. The molecule has 0 radical (unpaired) electrons. The zero-order valence-corrected chi connectivity index (χ0v) is 30.2. The summed E-state index contributed by atoms with van der Waals surface area (Å²) >= 11 is 0. The first-order chi connectivity index (χ1) is 22.6. The van der Waals surface area contributed by atoms with Crippen LogP contribution in [0.15, 0.2) is 36.0 Å². The standard InChI is InChI=1S/C37H62N2O9/c1-8-10-18-38-19-21-39(22-20-38)35(43)47-31-14-13-26(4)33(48-32(42)23-28(40)15-17-37(31,7)45)25(3)12-11-16-36(6,44)24-30-34(46-30)27(5)29(41)9-2/h11-14,16,26-31,33-34,40-41,44-45H,8-10,15,17-24H2,1-7H3/b14-13-,16-11+,25-12+. The normalized spacial score (nSPS) is 34.4. The largest absolute Gasteiger partial charge is 0.457 e. The highest BCUT2D eigenvalue weighted by Gasteiger charge is 2.47. The Morgan fingerprint density at radius 3 is 2.56 bits per heavy atom. The van der Waals surface area contributed by atoms with Crippen LogP contribution in [0, 0.1) is 11.8 Å². The van der Waals surface area contributed by atoms with Crippen LogP contribution in [0.25, 0.3) is 0 Å². The highest BCUT2D eigenvalue weighted by Crippen LogP contribution is 2.37. The molecule has 3 rings (SSSR count). The minimum absolute atomic E-state index is 0.0105. The van der Waals surface area contributed by atoms with Gasteiger partial charge in [0, 0.05) is 44.4 Å². The lowest BCUT2D eigenvalue weighted by Gasteiger charge is -2.37. The average molecular weight is 679 g/mol. The van der Waals surface area contributed by atoms with Gasteiger partial charge in [0.25, 0.3) is 0 Å². The van der Waals surface area contributed by atoms with Crippen molar-refractivity contribution in [1.82, 2.24) is 9.80 Å². The number of aliphatic hydroxyl groups excluding tert-OH is 2. The van der Waals surface area contributed by atoms with Crippen LogP contribution in [-0.2, 0) is 19.0 Å². The molecule has 3 aliphatic heterocycles. The minimum atomic E-state index is -1.48. The summed E-state index contributed by atoms with van der Waals surface area (Å²) in [6.07, 6.45) is 8.01. The number of amides is 1. The summed E-state index contributed by atoms with van der Waals surface area (Å²) in [6.45, 7) is 16.7. The average Bonchev–Trinajstić information content (AvgIpc) is 3.80. The molecule has 10 unspecified atom stereocenters. The maximum absolute atomic E-state index is 13.2. The molecule has 0 aromatic heterocycles. The number of rotatable bonds is 12. The van der Waals surface area contributed by atoms with E-state index in [1.165, 1.54) is 0 Å². The molecule has 11 heteroatoms. The number of allylic oxidation sites excluding steroid dienone is 2. The van der Waals surface area contributed by atoms with Gasteiger partial charge in [0.2, 0.25) is 0 Å². The molecule has 0 saturated carbocycles. The van der Waals surface area contributed by atoms with Gasteiger partial charge in [-0.05, 0) is 64.6 Å². The molecule has 0 aromatic carbocycles. The molecule has 0 spiro atoms. The molecule has 10 atom stereocenters. The van der Waals surface area contributed by atoms with Crippen molar-refractivity contribution in [3.05, 3.63) is 36.0 Å². The minimum Gasteiger partial charge on any atom is -0.457 e. The first-order valence-corrected chi connectivity index (χ1v) is 17.9. The molecule has 3 heterocycles. The number of hydrogen-bond donors (Lipinski definition) is 4. The Morgan fingerprint density at radius 2 is 1.92 bits per heavy atom. The second-order valence-electron chi connectivity index (χ2n) is 14.7. The number of hydrogen-bond acceptors (Lipinski definition) is 10. The van der Waals surface area contributed by atoms with Gasteiger partial charge in [0.05, 0.1) is 36.4 Å². The smallest absolute Gasteiger partial charge is 0.410 e. The Labute approximate surface area is 287 Å². The summed E-state index contributed by atoms with van der Waals surface area (Å²) in [5.74, 6) is -0.941. The number of unbranched alkanes of at least 4 members (excludes halogenated alkanes) is 1. The number of esters is 1. The van der Waals surface area contributed by atoms with Crippen LogP contribution in [0.3, 0.4) is 0 Å². The molecule has 0 aromatic rings. The van der Waals surface area contributed by atoms with Crippen molar-refractivity contribution < 1.29 is 44.2 Å². The van der Waals surface area contributed by atoms with Crippen LogP contribution in [-0.4, -0.2) is 123 Å². The second-order valence-corrected chi connectivity index (χ2v) is 14.7. The molecule has 2 saturated heterocycles. The van der Waals surface area contributed by atoms with Crippen LogP contribution < -0.4 is 0 Å². The molecule has 3 aliphatic rings. The molecule has 48 heavy (non-hydrogen) atoms. The van der Waals surface area contributed by atoms with E-state index in [0.29, 0.717) is 31.5 Å². The van der Waals surface area contributed by atoms with E-state index < -0.39 is 47.7 Å². The van der Waals surface area contributed by atoms with E-state index in [0.717, 1.165) is 32.5 Å². The highest BCUT2D eigenvalue weighted by atomic mass is 16.6. The molecule has 1 amide bonds. The number of epoxide rings is 1. The number of aliphatic hydroxyl groups is 4. The Morgan fingerprint density at radius 1 is 1.23 bits per heavy atom. The van der Waals surface area contributed by atoms with Crippen molar-refractivity contribution in [1.29, 1.82) is 0 Å². The van der Waals surface area contributed by atoms with Gasteiger partial charge in [-0.3, -0.25) is 9.69 Å². The van der Waals surface area contributed by atoms with Gasteiger partial charge in [-0.25, -0.2) is 4.79 Å². The third-order valence-electron chi connectivity index (χ3n) is 10.1. The topological polar surface area (TPSA) is 153 Å². The molecule has 0 bridgehead atoms. The van der Waals surface area contributed by atoms with Crippen LogP contribution in [0.2, 0.25) is 0 Å². The summed E-state index contributed by atoms with van der Waals surface area (Å²) in [4.78, 5) is 30.1. The Kier molecular flexibility index (Phi) is 15.1. The van der Waals surface area contributed by atoms with Crippen molar-refractivity contribution in [2.45, 2.75) is 141 Å². The van der Waals surface area contributed by atoms with E-state index in [4.69, 9.17) is 14.2 Å². The Balaban J connectivity index is 1.72. The molecule has 0 aliphatic carbocycles. The lowest BCUT2D eigenvalue weighted by atomic mass is 9.88. The SMILES string of the molecule is CCCCN1CCN(C(=O)OC2/C=C\C(C)C(/C(C)=C/C=C/C(C)(O)CC3OC3C(C)C(O)CC)OC(=O)CC(O)CCC2(C)O)CC1. The van der Waals surface area contributed by atoms with E-state index in [2.05, 4.69) is 11.8 Å². The monoisotopic (exact) mass is 678 g/mol. The summed E-state index contributed by atoms with van der Waals surface area (Å²) in [7, 11) is 0. The van der Waals surface area contributed by atoms with Crippen molar-refractivity contribution in [3.63, 3.8) is 0 Å². The fraction of sp³-hybridized carbons (Fsp3) is 0.784. The molecule has 4 N–H and O–H groups in total. The lowest BCUT2D eigenvalue weighted by Crippen LogP contribution is -2.51. The van der Waals surface area contributed by atoms with E-state index in [1.807, 2.05) is 27.7 Å². The lowest BCUT2D eigenvalue weighted by molar-refractivity contribution is -0.151. The molecule has 2 fully saturated rings. The predicted molar refractivity (Wildman–Crippen MR) is 184 cm³/mol. The van der Waals surface area contributed by atoms with Crippen molar-refractivity contribution in [2.24, 2.45) is 11.8 Å². The van der Waals surface area contributed by atoms with Crippen LogP contribution in [0.5, 0.6) is 0 Å². The summed E-state index contributed by atoms with van der Waals surface area (Å²) in [5.41, 5.74) is -1.93. The summed E-state index contributed by atoms with van der Waals surface area (Å²) in [5, 5.41) is 43.2. The van der Waals surface area contributed by atoms with Crippen molar-refractivity contribution in [3.8, 4) is 0 Å². The third kappa shape index (κ3) is 12.2. The Bertz CT molecular complexity index is 1130. The van der Waals surface area contributed by atoms with Crippen molar-refractivity contribution >= 4 is 12.1 Å². The number of cyclic esters (lactones) is 1. The second kappa shape index (κ2) is 18.1. The zero-order valence-electron chi connectivity index (χ0n) is 30.2. The van der Waals surface area contributed by atoms with Crippen LogP contribution in [0.4, 0.5) is 4.79 Å². The van der Waals surface area contributed by atoms with Gasteiger partial charge in [0.15, 0.2) is 6.10 Å². The van der Waals surface area contributed by atoms with Crippen molar-refractivity contribution in [2.75, 3.05) is 32.7 Å². The highest BCUT2D eigenvalue weighted by molar-refractivity contribution is 5.70. The summed E-state index contributed by atoms with van der Waals surface area (Å²) < 4.78 is 17.5. The van der Waals surface area contributed by atoms with Gasteiger partial charge in [0.1, 0.15) is 11.7 Å².